The van der Waals surface area contributed by atoms with Gasteiger partial charge in [0.05, 0.1) is 0 Å². The van der Waals surface area contributed by atoms with Crippen LogP contribution in [0.3, 0.4) is 0 Å². The number of nitrogens with zero attached hydrogens (tertiary/aromatic N) is 2. The molecule has 0 aliphatic carbocycles. The number of nitrogens with one attached hydrogen (secondary N) is 1. The fourth-order valence-corrected chi connectivity index (χ4v) is 4.24. The van der Waals surface area contributed by atoms with Crippen LogP contribution in [0.15, 0.2) is 72.8 Å². The molecular formula is C24H24Cl3N3. The molecule has 30 heavy (non-hydrogen) atoms. The molecule has 1 fully saturated rings. The summed E-state index contributed by atoms with van der Waals surface area (Å²) < 4.78 is 0. The minimum Gasteiger partial charge on any atom is -0.226 e. The number of halogens is 3. The standard InChI is InChI=1S/C24H24Cl3N3/c25-22-7-1-18(2-8-22)13-21-16-29(14-19-3-9-23(26)10-4-19)28-30(17-21)15-20-5-11-24(27)12-6-20/h1-12,21,28H,13-17H2. The van der Waals surface area contributed by atoms with Gasteiger partial charge in [0, 0.05) is 41.2 Å². The summed E-state index contributed by atoms with van der Waals surface area (Å²) in [5, 5.41) is 6.86. The van der Waals surface area contributed by atoms with Crippen LogP contribution < -0.4 is 5.53 Å². The molecule has 0 amide bonds. The number of benzene rings is 3. The molecule has 1 N–H and O–H groups in total. The Morgan fingerprint density at radius 2 is 0.967 bits per heavy atom. The summed E-state index contributed by atoms with van der Waals surface area (Å²) in [6.07, 6.45) is 1.01. The maximum absolute atomic E-state index is 6.06. The SMILES string of the molecule is Clc1ccc(CC2CN(Cc3ccc(Cl)cc3)NN(Cc3ccc(Cl)cc3)C2)cc1. The van der Waals surface area contributed by atoms with Gasteiger partial charge in [-0.05, 0) is 65.4 Å². The van der Waals surface area contributed by atoms with E-state index < -0.39 is 0 Å². The molecule has 0 atom stereocenters. The van der Waals surface area contributed by atoms with E-state index in [1.807, 2.05) is 36.4 Å². The molecule has 1 heterocycles. The second kappa shape index (κ2) is 10.1. The lowest BCUT2D eigenvalue weighted by Gasteiger charge is -2.41. The third kappa shape index (κ3) is 6.21. The van der Waals surface area contributed by atoms with Crippen molar-refractivity contribution in [2.24, 2.45) is 5.92 Å². The summed E-state index contributed by atoms with van der Waals surface area (Å²) in [6.45, 7) is 3.54. The summed E-state index contributed by atoms with van der Waals surface area (Å²) >= 11 is 18.2. The predicted molar refractivity (Wildman–Crippen MR) is 126 cm³/mol. The largest absolute Gasteiger partial charge is 0.226 e. The van der Waals surface area contributed by atoms with Crippen LogP contribution in [0.2, 0.25) is 15.1 Å². The van der Waals surface area contributed by atoms with Crippen molar-refractivity contribution in [1.82, 2.24) is 15.6 Å². The van der Waals surface area contributed by atoms with Crippen molar-refractivity contribution in [3.63, 3.8) is 0 Å². The molecule has 1 aliphatic heterocycles. The van der Waals surface area contributed by atoms with Crippen molar-refractivity contribution in [1.29, 1.82) is 0 Å². The molecule has 0 unspecified atom stereocenters. The summed E-state index contributed by atoms with van der Waals surface area (Å²) in [5.41, 5.74) is 7.35. The first-order chi connectivity index (χ1) is 14.5. The summed E-state index contributed by atoms with van der Waals surface area (Å²) in [7, 11) is 0. The third-order valence-corrected chi connectivity index (χ3v) is 6.01. The molecule has 0 bridgehead atoms. The molecule has 1 saturated heterocycles. The van der Waals surface area contributed by atoms with E-state index in [0.717, 1.165) is 47.7 Å². The normalized spacial score (nSPS) is 16.1. The highest BCUT2D eigenvalue weighted by Gasteiger charge is 2.25. The van der Waals surface area contributed by atoms with Crippen LogP contribution in [0.1, 0.15) is 16.7 Å². The second-order valence-corrected chi connectivity index (χ2v) is 9.12. The molecule has 3 aromatic rings. The maximum atomic E-state index is 6.06. The Bertz CT molecular complexity index is 810. The first-order valence-corrected chi connectivity index (χ1v) is 11.2. The molecule has 1 aliphatic rings. The Morgan fingerprint density at radius 1 is 0.600 bits per heavy atom. The van der Waals surface area contributed by atoms with E-state index in [4.69, 9.17) is 34.8 Å². The van der Waals surface area contributed by atoms with Crippen LogP contribution >= 0.6 is 34.8 Å². The van der Waals surface area contributed by atoms with Crippen molar-refractivity contribution in [3.05, 3.63) is 105 Å². The van der Waals surface area contributed by atoms with E-state index in [1.54, 1.807) is 0 Å². The van der Waals surface area contributed by atoms with Crippen LogP contribution in [0, 0.1) is 5.92 Å². The van der Waals surface area contributed by atoms with Gasteiger partial charge in [-0.1, -0.05) is 71.2 Å². The minimum atomic E-state index is 0.493. The minimum absolute atomic E-state index is 0.493. The lowest BCUT2D eigenvalue weighted by molar-refractivity contribution is -0.0540. The molecular weight excluding hydrogens is 437 g/mol. The van der Waals surface area contributed by atoms with E-state index in [0.29, 0.717) is 5.92 Å². The number of rotatable bonds is 6. The first kappa shape index (κ1) is 21.6. The van der Waals surface area contributed by atoms with E-state index >= 15 is 0 Å². The second-order valence-electron chi connectivity index (χ2n) is 7.81. The summed E-state index contributed by atoms with van der Waals surface area (Å²) in [6, 6.07) is 24.3. The van der Waals surface area contributed by atoms with Crippen molar-refractivity contribution in [2.45, 2.75) is 19.5 Å². The highest BCUT2D eigenvalue weighted by molar-refractivity contribution is 6.31. The average molecular weight is 461 g/mol. The van der Waals surface area contributed by atoms with Gasteiger partial charge in [0.1, 0.15) is 0 Å². The quantitative estimate of drug-likeness (QED) is 0.469. The van der Waals surface area contributed by atoms with Gasteiger partial charge >= 0.3 is 0 Å². The van der Waals surface area contributed by atoms with Gasteiger partial charge in [-0.15, -0.1) is 0 Å². The molecule has 6 heteroatoms. The van der Waals surface area contributed by atoms with E-state index in [-0.39, 0.29) is 0 Å². The van der Waals surface area contributed by atoms with Gasteiger partial charge < -0.3 is 0 Å². The Hall–Kier alpha value is -1.59. The zero-order chi connectivity index (χ0) is 20.9. The molecule has 0 saturated carbocycles. The monoisotopic (exact) mass is 459 g/mol. The Kier molecular flexibility index (Phi) is 7.32. The van der Waals surface area contributed by atoms with Crippen molar-refractivity contribution < 1.29 is 0 Å². The topological polar surface area (TPSA) is 18.5 Å². The zero-order valence-corrected chi connectivity index (χ0v) is 18.8. The fourth-order valence-electron chi connectivity index (χ4n) is 3.87. The van der Waals surface area contributed by atoms with Crippen molar-refractivity contribution in [2.75, 3.05) is 13.1 Å². The zero-order valence-electron chi connectivity index (χ0n) is 16.6. The van der Waals surface area contributed by atoms with Gasteiger partial charge in [-0.3, -0.25) is 0 Å². The lowest BCUT2D eigenvalue weighted by Crippen LogP contribution is -2.58. The van der Waals surface area contributed by atoms with Crippen molar-refractivity contribution in [3.8, 4) is 0 Å². The van der Waals surface area contributed by atoms with Crippen LogP contribution in [-0.2, 0) is 19.5 Å². The molecule has 3 nitrogen and oxygen atoms in total. The average Bonchev–Trinajstić information content (AvgIpc) is 2.73. The molecule has 0 spiro atoms. The van der Waals surface area contributed by atoms with Crippen LogP contribution in [0.5, 0.6) is 0 Å². The van der Waals surface area contributed by atoms with Crippen LogP contribution in [-0.4, -0.2) is 23.1 Å². The number of hydrazine groups is 2. The predicted octanol–water partition coefficient (Wildman–Crippen LogP) is 6.24. The Labute approximate surface area is 193 Å². The van der Waals surface area contributed by atoms with E-state index in [2.05, 4.69) is 52.0 Å². The molecule has 3 aromatic carbocycles. The van der Waals surface area contributed by atoms with Gasteiger partial charge in [-0.2, -0.15) is 5.53 Å². The Balaban J connectivity index is 1.47. The lowest BCUT2D eigenvalue weighted by atomic mass is 9.97. The Morgan fingerprint density at radius 3 is 1.37 bits per heavy atom. The van der Waals surface area contributed by atoms with Gasteiger partial charge in [0.15, 0.2) is 0 Å². The maximum Gasteiger partial charge on any atom is 0.0406 e. The number of hydrogen-bond acceptors (Lipinski definition) is 3. The van der Waals surface area contributed by atoms with Crippen LogP contribution in [0.4, 0.5) is 0 Å². The summed E-state index contributed by atoms with van der Waals surface area (Å²) in [4.78, 5) is 0. The van der Waals surface area contributed by atoms with E-state index in [1.165, 1.54) is 16.7 Å². The highest BCUT2D eigenvalue weighted by Crippen LogP contribution is 2.21. The smallest absolute Gasteiger partial charge is 0.0406 e. The number of hydrogen-bond donors (Lipinski definition) is 1. The summed E-state index contributed by atoms with van der Waals surface area (Å²) in [5.74, 6) is 0.493. The van der Waals surface area contributed by atoms with Gasteiger partial charge in [0.25, 0.3) is 0 Å². The van der Waals surface area contributed by atoms with Gasteiger partial charge in [0.2, 0.25) is 0 Å². The molecule has 0 radical (unpaired) electrons. The third-order valence-electron chi connectivity index (χ3n) is 5.25. The molecule has 4 rings (SSSR count). The molecule has 156 valence electrons. The highest BCUT2D eigenvalue weighted by atomic mass is 35.5. The first-order valence-electron chi connectivity index (χ1n) is 10.0. The molecule has 0 aromatic heterocycles. The van der Waals surface area contributed by atoms with Gasteiger partial charge in [-0.25, -0.2) is 10.0 Å². The van der Waals surface area contributed by atoms with E-state index in [9.17, 15) is 0 Å². The fraction of sp³-hybridized carbons (Fsp3) is 0.250. The van der Waals surface area contributed by atoms with Crippen LogP contribution in [0.25, 0.3) is 0 Å². The van der Waals surface area contributed by atoms with Crippen molar-refractivity contribution >= 4 is 34.8 Å².